The Morgan fingerprint density at radius 1 is 1.15 bits per heavy atom. The lowest BCUT2D eigenvalue weighted by Crippen LogP contribution is -2.44. The lowest BCUT2D eigenvalue weighted by Gasteiger charge is -2.15. The molecule has 1 N–H and O–H groups in total. The summed E-state index contributed by atoms with van der Waals surface area (Å²) in [4.78, 5) is 25.6. The molecule has 172 valence electrons. The molecule has 1 heterocycles. The van der Waals surface area contributed by atoms with E-state index in [2.05, 4.69) is 21.4 Å². The van der Waals surface area contributed by atoms with Crippen LogP contribution < -0.4 is 10.2 Å². The van der Waals surface area contributed by atoms with Gasteiger partial charge in [0.05, 0.1) is 9.93 Å². The van der Waals surface area contributed by atoms with Crippen molar-refractivity contribution in [3.8, 4) is 5.75 Å². The van der Waals surface area contributed by atoms with E-state index in [1.807, 2.05) is 0 Å². The van der Waals surface area contributed by atoms with Crippen molar-refractivity contribution in [3.05, 3.63) is 104 Å². The van der Waals surface area contributed by atoms with Crippen LogP contribution in [0, 0.1) is 5.82 Å². The smallest absolute Gasteiger partial charge is 0.285 e. The predicted octanol–water partition coefficient (Wildman–Crippen LogP) is 6.37. The van der Waals surface area contributed by atoms with Crippen molar-refractivity contribution < 1.29 is 18.7 Å². The molecule has 1 aliphatic heterocycles. The Kier molecular flexibility index (Phi) is 7.67. The fraction of sp³-hybridized carbons (Fsp3) is 0.0417. The highest BCUT2D eigenvalue weighted by molar-refractivity contribution is 9.10. The van der Waals surface area contributed by atoms with Gasteiger partial charge in [-0.25, -0.2) is 4.39 Å². The molecule has 3 aromatic carbocycles. The maximum atomic E-state index is 13.9. The molecule has 0 radical (unpaired) electrons. The molecular formula is C24H15BrClFN2O3S2. The molecule has 0 atom stereocenters. The first kappa shape index (κ1) is 24.4. The molecule has 34 heavy (non-hydrogen) atoms. The second-order valence-corrected chi connectivity index (χ2v) is 10.0. The summed E-state index contributed by atoms with van der Waals surface area (Å²) in [6.45, 7) is -0.0123. The molecule has 10 heteroatoms. The monoisotopic (exact) mass is 576 g/mol. The van der Waals surface area contributed by atoms with Gasteiger partial charge in [-0.15, -0.1) is 0 Å². The van der Waals surface area contributed by atoms with Crippen molar-refractivity contribution in [2.24, 2.45) is 0 Å². The fourth-order valence-electron chi connectivity index (χ4n) is 2.97. The minimum absolute atomic E-state index is 0.0123. The molecule has 0 aromatic heterocycles. The SMILES string of the molecule is O=C(NN1C(=O)/C(=C\c2ccc(OCc3c(F)cccc3Cl)cc2)SC1=S)c1ccc(Br)cc1. The van der Waals surface area contributed by atoms with Crippen LogP contribution in [0.4, 0.5) is 4.39 Å². The zero-order valence-corrected chi connectivity index (χ0v) is 21.2. The highest BCUT2D eigenvalue weighted by Gasteiger charge is 2.33. The van der Waals surface area contributed by atoms with Gasteiger partial charge in [-0.2, -0.15) is 5.01 Å². The fourth-order valence-corrected chi connectivity index (χ4v) is 4.63. The summed E-state index contributed by atoms with van der Waals surface area (Å²) < 4.78 is 20.6. The molecule has 0 saturated carbocycles. The zero-order valence-electron chi connectivity index (χ0n) is 17.3. The third kappa shape index (κ3) is 5.67. The normalized spacial score (nSPS) is 14.6. The van der Waals surface area contributed by atoms with Crippen molar-refractivity contribution in [1.82, 2.24) is 10.4 Å². The van der Waals surface area contributed by atoms with Gasteiger partial charge in [0.25, 0.3) is 11.8 Å². The topological polar surface area (TPSA) is 58.6 Å². The Labute approximate surface area is 218 Å². The van der Waals surface area contributed by atoms with E-state index in [0.717, 1.165) is 26.8 Å². The van der Waals surface area contributed by atoms with Crippen molar-refractivity contribution in [2.45, 2.75) is 6.61 Å². The van der Waals surface area contributed by atoms with Crippen LogP contribution in [0.3, 0.4) is 0 Å². The molecule has 1 fully saturated rings. The minimum Gasteiger partial charge on any atom is -0.489 e. The summed E-state index contributed by atoms with van der Waals surface area (Å²) in [7, 11) is 0. The quantitative estimate of drug-likeness (QED) is 0.273. The number of amides is 2. The van der Waals surface area contributed by atoms with Gasteiger partial charge in [0, 0.05) is 15.6 Å². The minimum atomic E-state index is -0.443. The van der Waals surface area contributed by atoms with Crippen LogP contribution in [-0.2, 0) is 11.4 Å². The third-order valence-corrected chi connectivity index (χ3v) is 6.92. The molecule has 4 rings (SSSR count). The Hall–Kier alpha value is -2.72. The van der Waals surface area contributed by atoms with E-state index < -0.39 is 17.6 Å². The second kappa shape index (κ2) is 10.7. The standard InChI is InChI=1S/C24H15BrClFN2O3S2/c25-16-8-6-15(7-9-16)22(30)28-29-23(31)21(34-24(29)33)12-14-4-10-17(11-5-14)32-13-18-19(26)2-1-3-20(18)27/h1-12H,13H2,(H,28,30)/b21-12+. The van der Waals surface area contributed by atoms with E-state index in [0.29, 0.717) is 21.2 Å². The van der Waals surface area contributed by atoms with Crippen LogP contribution in [0.1, 0.15) is 21.5 Å². The maximum absolute atomic E-state index is 13.9. The lowest BCUT2D eigenvalue weighted by molar-refractivity contribution is -0.123. The van der Waals surface area contributed by atoms with Crippen LogP contribution >= 0.6 is 51.5 Å². The number of ether oxygens (including phenoxy) is 1. The summed E-state index contributed by atoms with van der Waals surface area (Å²) >= 11 is 15.7. The molecule has 5 nitrogen and oxygen atoms in total. The first-order chi connectivity index (χ1) is 16.3. The van der Waals surface area contributed by atoms with Crippen molar-refractivity contribution in [2.75, 3.05) is 0 Å². The molecule has 1 saturated heterocycles. The average molecular weight is 578 g/mol. The zero-order chi connectivity index (χ0) is 24.2. The number of halogens is 3. The number of hydrazine groups is 1. The number of nitrogens with zero attached hydrogens (tertiary/aromatic N) is 1. The van der Waals surface area contributed by atoms with Gasteiger partial charge in [0.1, 0.15) is 18.2 Å². The maximum Gasteiger partial charge on any atom is 0.285 e. The van der Waals surface area contributed by atoms with E-state index in [1.54, 1.807) is 60.7 Å². The molecule has 0 spiro atoms. The van der Waals surface area contributed by atoms with Crippen molar-refractivity contribution in [3.63, 3.8) is 0 Å². The van der Waals surface area contributed by atoms with E-state index >= 15 is 0 Å². The van der Waals surface area contributed by atoms with E-state index in [-0.39, 0.29) is 16.5 Å². The van der Waals surface area contributed by atoms with Gasteiger partial charge >= 0.3 is 0 Å². The summed E-state index contributed by atoms with van der Waals surface area (Å²) in [6, 6.07) is 18.1. The van der Waals surface area contributed by atoms with Gasteiger partial charge in [0.15, 0.2) is 4.32 Å². The number of thioether (sulfide) groups is 1. The number of carbonyl (C=O) groups is 2. The largest absolute Gasteiger partial charge is 0.489 e. The van der Waals surface area contributed by atoms with E-state index in [9.17, 15) is 14.0 Å². The average Bonchev–Trinajstić information content (AvgIpc) is 3.07. The summed E-state index contributed by atoms with van der Waals surface area (Å²) in [5, 5.41) is 1.36. The molecule has 0 aliphatic carbocycles. The number of nitrogens with one attached hydrogen (secondary N) is 1. The molecule has 1 aliphatic rings. The summed E-state index contributed by atoms with van der Waals surface area (Å²) in [5.41, 5.74) is 3.95. The summed E-state index contributed by atoms with van der Waals surface area (Å²) in [6.07, 6.45) is 1.67. The first-order valence-electron chi connectivity index (χ1n) is 9.82. The first-order valence-corrected chi connectivity index (χ1v) is 12.2. The predicted molar refractivity (Wildman–Crippen MR) is 139 cm³/mol. The number of hydrogen-bond donors (Lipinski definition) is 1. The Bertz CT molecular complexity index is 1280. The van der Waals surface area contributed by atoms with Gasteiger partial charge < -0.3 is 4.74 Å². The van der Waals surface area contributed by atoms with Gasteiger partial charge in [-0.05, 0) is 72.4 Å². The Morgan fingerprint density at radius 3 is 2.53 bits per heavy atom. The number of carbonyl (C=O) groups excluding carboxylic acids is 2. The van der Waals surface area contributed by atoms with Crippen molar-refractivity contribution in [1.29, 1.82) is 0 Å². The molecule has 0 unspecified atom stereocenters. The second-order valence-electron chi connectivity index (χ2n) is 7.02. The highest BCUT2D eigenvalue weighted by Crippen LogP contribution is 2.32. The van der Waals surface area contributed by atoms with E-state index in [1.165, 1.54) is 12.1 Å². The van der Waals surface area contributed by atoms with E-state index in [4.69, 9.17) is 28.6 Å². The van der Waals surface area contributed by atoms with Gasteiger partial charge in [-0.3, -0.25) is 15.0 Å². The van der Waals surface area contributed by atoms with Crippen LogP contribution in [0.2, 0.25) is 5.02 Å². The number of benzene rings is 3. The number of rotatable bonds is 6. The van der Waals surface area contributed by atoms with Crippen LogP contribution in [0.5, 0.6) is 5.75 Å². The molecular weight excluding hydrogens is 563 g/mol. The Morgan fingerprint density at radius 2 is 1.85 bits per heavy atom. The third-order valence-electron chi connectivity index (χ3n) is 4.74. The van der Waals surface area contributed by atoms with Gasteiger partial charge in [-0.1, -0.05) is 57.5 Å². The highest BCUT2D eigenvalue weighted by atomic mass is 79.9. The van der Waals surface area contributed by atoms with Gasteiger partial charge in [0.2, 0.25) is 0 Å². The Balaban J connectivity index is 1.40. The number of hydrogen-bond acceptors (Lipinski definition) is 5. The van der Waals surface area contributed by atoms with Crippen LogP contribution in [-0.4, -0.2) is 21.1 Å². The van der Waals surface area contributed by atoms with Crippen LogP contribution in [0.25, 0.3) is 6.08 Å². The molecule has 3 aromatic rings. The lowest BCUT2D eigenvalue weighted by atomic mass is 10.2. The van der Waals surface area contributed by atoms with Crippen molar-refractivity contribution >= 4 is 73.7 Å². The number of thiocarbonyl (C=S) groups is 1. The van der Waals surface area contributed by atoms with Crippen LogP contribution in [0.15, 0.2) is 76.1 Å². The molecule has 0 bridgehead atoms. The summed E-state index contributed by atoms with van der Waals surface area (Å²) in [5.74, 6) is -0.777. The molecule has 2 amide bonds.